The monoisotopic (exact) mass is 526 g/mol. The van der Waals surface area contributed by atoms with Gasteiger partial charge in [-0.1, -0.05) is 18.9 Å². The second-order valence-corrected chi connectivity index (χ2v) is 10.4. The van der Waals surface area contributed by atoms with Crippen LogP contribution in [0.15, 0.2) is 42.7 Å². The summed E-state index contributed by atoms with van der Waals surface area (Å²) in [5.74, 6) is 0.205. The third-order valence-electron chi connectivity index (χ3n) is 7.08. The highest BCUT2D eigenvalue weighted by atomic mass is 32.2. The molecule has 3 N–H and O–H groups in total. The summed E-state index contributed by atoms with van der Waals surface area (Å²) in [5, 5.41) is 6.74. The van der Waals surface area contributed by atoms with Crippen LogP contribution in [0.5, 0.6) is 11.6 Å². The van der Waals surface area contributed by atoms with Gasteiger partial charge in [0.15, 0.2) is 11.6 Å². The Kier molecular flexibility index (Phi) is 7.63. The Morgan fingerprint density at radius 2 is 1.97 bits per heavy atom. The first-order valence-corrected chi connectivity index (χ1v) is 13.8. The van der Waals surface area contributed by atoms with E-state index in [0.29, 0.717) is 41.2 Å². The predicted molar refractivity (Wildman–Crippen MR) is 140 cm³/mol. The largest absolute Gasteiger partial charge is 0.435 e. The van der Waals surface area contributed by atoms with Crippen molar-refractivity contribution in [1.82, 2.24) is 25.0 Å². The molecule has 3 heterocycles. The van der Waals surface area contributed by atoms with Crippen molar-refractivity contribution < 1.29 is 17.5 Å². The number of aryl methyl sites for hydroxylation is 1. The van der Waals surface area contributed by atoms with Gasteiger partial charge in [0.05, 0.1) is 16.8 Å². The van der Waals surface area contributed by atoms with Gasteiger partial charge in [-0.05, 0) is 74.5 Å². The number of nitrogens with one attached hydrogen (secondary N) is 3. The molecule has 0 radical (unpaired) electrons. The molecule has 9 nitrogen and oxygen atoms in total. The normalized spacial score (nSPS) is 19.2. The number of ether oxygens (including phenoxy) is 1. The summed E-state index contributed by atoms with van der Waals surface area (Å²) in [6.45, 7) is 3.61. The first-order chi connectivity index (χ1) is 17.9. The Bertz CT molecular complexity index is 1310. The maximum Gasteiger partial charge on any atom is 0.228 e. The second kappa shape index (κ2) is 11.1. The van der Waals surface area contributed by atoms with Crippen LogP contribution in [-0.2, 0) is 16.4 Å². The van der Waals surface area contributed by atoms with Crippen molar-refractivity contribution in [3.8, 4) is 22.9 Å². The van der Waals surface area contributed by atoms with Crippen molar-refractivity contribution in [3.63, 3.8) is 0 Å². The van der Waals surface area contributed by atoms with Gasteiger partial charge in [-0.2, -0.15) is 0 Å². The highest BCUT2D eigenvalue weighted by molar-refractivity contribution is 7.70. The first kappa shape index (κ1) is 25.5. The molecule has 11 heteroatoms. The number of anilines is 1. The molecule has 2 fully saturated rings. The van der Waals surface area contributed by atoms with Crippen molar-refractivity contribution in [2.75, 3.05) is 18.4 Å². The molecule has 5 rings (SSSR count). The number of thiol groups is 1. The fourth-order valence-corrected chi connectivity index (χ4v) is 5.96. The first-order valence-electron chi connectivity index (χ1n) is 12.6. The Labute approximate surface area is 217 Å². The van der Waals surface area contributed by atoms with E-state index >= 15 is 4.39 Å². The molecule has 1 saturated heterocycles. The van der Waals surface area contributed by atoms with E-state index in [1.807, 2.05) is 6.07 Å². The number of rotatable bonds is 8. The van der Waals surface area contributed by atoms with E-state index in [1.165, 1.54) is 6.07 Å². The standard InChI is InChI=1S/C26H31FN6O3S/c1-17-14-18(26(33-37(34)35)9-2-3-10-26)15-21(27)23(17)36-24-20(7-5-12-29-24)22-8-13-30-25(32-22)31-19-6-4-11-28-16-19/h5,7-8,12-15,19,28,37H,2-4,6,9-11,16H2,1H3,(H,30,31,32)(H,33,34,35)/t19-/m0/s1. The number of aromatic nitrogens is 3. The number of pyridine rings is 1. The minimum Gasteiger partial charge on any atom is -0.435 e. The smallest absolute Gasteiger partial charge is 0.228 e. The second-order valence-electron chi connectivity index (χ2n) is 9.67. The fraction of sp³-hybridized carbons (Fsp3) is 0.423. The molecule has 0 spiro atoms. The highest BCUT2D eigenvalue weighted by Gasteiger charge is 2.37. The molecular formula is C26H31FN6O3S. The van der Waals surface area contributed by atoms with Crippen molar-refractivity contribution in [2.45, 2.75) is 57.0 Å². The number of hydrogen-bond donors (Lipinski definition) is 4. The maximum absolute atomic E-state index is 15.4. The summed E-state index contributed by atoms with van der Waals surface area (Å²) < 4.78 is 47.1. The summed E-state index contributed by atoms with van der Waals surface area (Å²) in [4.78, 5) is 13.4. The Morgan fingerprint density at radius 3 is 2.70 bits per heavy atom. The van der Waals surface area contributed by atoms with Crippen LogP contribution >= 0.6 is 0 Å². The molecule has 2 aliphatic rings. The average molecular weight is 527 g/mol. The van der Waals surface area contributed by atoms with Gasteiger partial charge in [0, 0.05) is 25.0 Å². The van der Waals surface area contributed by atoms with E-state index in [0.717, 1.165) is 38.8 Å². The molecule has 0 amide bonds. The van der Waals surface area contributed by atoms with E-state index in [9.17, 15) is 8.42 Å². The summed E-state index contributed by atoms with van der Waals surface area (Å²) in [6, 6.07) is 8.77. The van der Waals surface area contributed by atoms with Crippen LogP contribution in [0.1, 0.15) is 49.7 Å². The summed E-state index contributed by atoms with van der Waals surface area (Å²) >= 11 is 0. The molecule has 1 saturated carbocycles. The number of halogens is 1. The third-order valence-corrected chi connectivity index (χ3v) is 7.69. The van der Waals surface area contributed by atoms with E-state index in [1.54, 1.807) is 37.5 Å². The molecule has 1 aromatic carbocycles. The molecule has 196 valence electrons. The van der Waals surface area contributed by atoms with Crippen molar-refractivity contribution in [2.24, 2.45) is 0 Å². The molecule has 37 heavy (non-hydrogen) atoms. The minimum atomic E-state index is -2.82. The van der Waals surface area contributed by atoms with E-state index in [-0.39, 0.29) is 17.7 Å². The molecule has 0 bridgehead atoms. The third kappa shape index (κ3) is 5.73. The van der Waals surface area contributed by atoms with Crippen LogP contribution in [0.4, 0.5) is 10.3 Å². The molecule has 3 aromatic rings. The molecule has 1 atom stereocenters. The number of benzene rings is 1. The summed E-state index contributed by atoms with van der Waals surface area (Å²) in [5.41, 5.74) is 1.59. The van der Waals surface area contributed by atoms with Crippen LogP contribution in [0.3, 0.4) is 0 Å². The summed E-state index contributed by atoms with van der Waals surface area (Å²) in [7, 11) is -2.82. The van der Waals surface area contributed by atoms with Crippen LogP contribution in [0.25, 0.3) is 11.3 Å². The lowest BCUT2D eigenvalue weighted by atomic mass is 9.88. The van der Waals surface area contributed by atoms with Gasteiger partial charge < -0.3 is 15.4 Å². The van der Waals surface area contributed by atoms with Crippen LogP contribution in [0, 0.1) is 12.7 Å². The zero-order chi connectivity index (χ0) is 25.8. The van der Waals surface area contributed by atoms with Gasteiger partial charge in [-0.25, -0.2) is 32.5 Å². The Morgan fingerprint density at radius 1 is 1.14 bits per heavy atom. The van der Waals surface area contributed by atoms with Gasteiger partial charge >= 0.3 is 0 Å². The zero-order valence-corrected chi connectivity index (χ0v) is 21.6. The molecule has 2 aromatic heterocycles. The molecule has 1 aliphatic carbocycles. The van der Waals surface area contributed by atoms with Gasteiger partial charge in [-0.15, -0.1) is 0 Å². The topological polar surface area (TPSA) is 118 Å². The van der Waals surface area contributed by atoms with E-state index in [4.69, 9.17) is 4.74 Å². The maximum atomic E-state index is 15.4. The Hall–Kier alpha value is -3.15. The number of hydrogen-bond acceptors (Lipinski definition) is 8. The van der Waals surface area contributed by atoms with Crippen molar-refractivity contribution >= 4 is 16.8 Å². The van der Waals surface area contributed by atoms with Crippen LogP contribution in [0.2, 0.25) is 0 Å². The van der Waals surface area contributed by atoms with Crippen LogP contribution < -0.4 is 20.1 Å². The van der Waals surface area contributed by atoms with Gasteiger partial charge in [0.25, 0.3) is 0 Å². The van der Waals surface area contributed by atoms with Gasteiger partial charge in [0.2, 0.25) is 22.7 Å². The lowest BCUT2D eigenvalue weighted by molar-refractivity contribution is 0.398. The molecular weight excluding hydrogens is 495 g/mol. The molecule has 1 aliphatic heterocycles. The number of nitrogens with zero attached hydrogens (tertiary/aromatic N) is 3. The lowest BCUT2D eigenvalue weighted by Gasteiger charge is -2.29. The fourth-order valence-electron chi connectivity index (χ4n) is 5.25. The Balaban J connectivity index is 1.43. The van der Waals surface area contributed by atoms with E-state index in [2.05, 4.69) is 30.3 Å². The zero-order valence-electron chi connectivity index (χ0n) is 20.7. The predicted octanol–water partition coefficient (Wildman–Crippen LogP) is 3.83. The van der Waals surface area contributed by atoms with Gasteiger partial charge in [0.1, 0.15) is 0 Å². The average Bonchev–Trinajstić information content (AvgIpc) is 3.36. The minimum absolute atomic E-state index is 0.0454. The SMILES string of the molecule is Cc1cc(C2(N[SH](=O)=O)CCCC2)cc(F)c1Oc1ncccc1-c1ccnc(N[C@H]2CCCNC2)n1. The van der Waals surface area contributed by atoms with Crippen molar-refractivity contribution in [1.29, 1.82) is 0 Å². The summed E-state index contributed by atoms with van der Waals surface area (Å²) in [6.07, 6.45) is 8.39. The van der Waals surface area contributed by atoms with Crippen molar-refractivity contribution in [3.05, 3.63) is 59.7 Å². The number of piperidine rings is 1. The quantitative estimate of drug-likeness (QED) is 0.327. The molecule has 0 unspecified atom stereocenters. The van der Waals surface area contributed by atoms with Crippen LogP contribution in [-0.4, -0.2) is 42.5 Å². The van der Waals surface area contributed by atoms with Gasteiger partial charge in [-0.3, -0.25) is 0 Å². The highest BCUT2D eigenvalue weighted by Crippen LogP contribution is 2.42. The van der Waals surface area contributed by atoms with E-state index < -0.39 is 22.2 Å². The lowest BCUT2D eigenvalue weighted by Crippen LogP contribution is -2.39.